The van der Waals surface area contributed by atoms with Crippen molar-refractivity contribution in [2.75, 3.05) is 13.1 Å². The number of carbonyl (C=O) groups excluding carboxylic acids is 1. The number of hydrogen-bond donors (Lipinski definition) is 2. The molecule has 126 valence electrons. The van der Waals surface area contributed by atoms with Gasteiger partial charge in [-0.2, -0.15) is 0 Å². The molecule has 0 heterocycles. The van der Waals surface area contributed by atoms with Crippen LogP contribution in [0.3, 0.4) is 0 Å². The molecule has 0 aliphatic rings. The summed E-state index contributed by atoms with van der Waals surface area (Å²) in [4.78, 5) is 11.9. The summed E-state index contributed by atoms with van der Waals surface area (Å²) >= 11 is 0. The predicted octanol–water partition coefficient (Wildman–Crippen LogP) is 2.12. The molecule has 6 heteroatoms. The topological polar surface area (TPSA) is 75.3 Å². The molecule has 2 aromatic carbocycles. The highest BCUT2D eigenvalue weighted by Gasteiger charge is 2.14. The molecule has 0 atom stereocenters. The Bertz CT molecular complexity index is 785. The zero-order valence-electron chi connectivity index (χ0n) is 13.2. The highest BCUT2D eigenvalue weighted by Crippen LogP contribution is 2.11. The highest BCUT2D eigenvalue weighted by atomic mass is 32.2. The van der Waals surface area contributed by atoms with E-state index in [9.17, 15) is 13.2 Å². The lowest BCUT2D eigenvalue weighted by Gasteiger charge is -2.08. The van der Waals surface area contributed by atoms with E-state index in [1.807, 2.05) is 30.3 Å². The fourth-order valence-corrected chi connectivity index (χ4v) is 3.14. The van der Waals surface area contributed by atoms with Crippen molar-refractivity contribution in [2.45, 2.75) is 11.3 Å². The summed E-state index contributed by atoms with van der Waals surface area (Å²) in [6.45, 7) is 4.20. The maximum absolute atomic E-state index is 12.3. The zero-order chi connectivity index (χ0) is 17.4. The average Bonchev–Trinajstić information content (AvgIpc) is 2.60. The first-order valence-corrected chi connectivity index (χ1v) is 9.04. The highest BCUT2D eigenvalue weighted by molar-refractivity contribution is 7.89. The van der Waals surface area contributed by atoms with Crippen LogP contribution in [-0.4, -0.2) is 27.4 Å². The Morgan fingerprint density at radius 1 is 1.04 bits per heavy atom. The first-order chi connectivity index (χ1) is 11.5. The van der Waals surface area contributed by atoms with Crippen molar-refractivity contribution in [1.82, 2.24) is 10.0 Å². The van der Waals surface area contributed by atoms with Gasteiger partial charge < -0.3 is 5.32 Å². The van der Waals surface area contributed by atoms with Crippen molar-refractivity contribution in [3.8, 4) is 0 Å². The van der Waals surface area contributed by atoms with E-state index in [1.54, 1.807) is 6.08 Å². The van der Waals surface area contributed by atoms with Gasteiger partial charge in [-0.15, -0.1) is 6.58 Å². The molecule has 0 spiro atoms. The molecule has 0 saturated carbocycles. The van der Waals surface area contributed by atoms with E-state index in [1.165, 1.54) is 24.3 Å². The van der Waals surface area contributed by atoms with E-state index in [0.717, 1.165) is 5.56 Å². The SMILES string of the molecule is C=CCNC(=O)c1ccc(S(=O)(=O)NCCc2ccccc2)cc1. The van der Waals surface area contributed by atoms with Gasteiger partial charge in [0.2, 0.25) is 10.0 Å². The van der Waals surface area contributed by atoms with Crippen molar-refractivity contribution in [3.05, 3.63) is 78.4 Å². The normalized spacial score (nSPS) is 11.0. The van der Waals surface area contributed by atoms with Gasteiger partial charge in [0.25, 0.3) is 5.91 Å². The third kappa shape index (κ3) is 5.04. The van der Waals surface area contributed by atoms with Crippen molar-refractivity contribution in [1.29, 1.82) is 0 Å². The molecule has 0 bridgehead atoms. The quantitative estimate of drug-likeness (QED) is 0.720. The summed E-state index contributed by atoms with van der Waals surface area (Å²) in [6.07, 6.45) is 2.19. The van der Waals surface area contributed by atoms with Crippen LogP contribution >= 0.6 is 0 Å². The lowest BCUT2D eigenvalue weighted by Crippen LogP contribution is -2.26. The molecule has 0 saturated heterocycles. The Kier molecular flexibility index (Phi) is 6.28. The Morgan fingerprint density at radius 3 is 2.33 bits per heavy atom. The minimum absolute atomic E-state index is 0.135. The summed E-state index contributed by atoms with van der Waals surface area (Å²) < 4.78 is 27.1. The predicted molar refractivity (Wildman–Crippen MR) is 94.3 cm³/mol. The van der Waals surface area contributed by atoms with Crippen LogP contribution in [0.25, 0.3) is 0 Å². The molecule has 2 aromatic rings. The minimum atomic E-state index is -3.59. The van der Waals surface area contributed by atoms with E-state index < -0.39 is 10.0 Å². The Hall–Kier alpha value is -2.44. The first-order valence-electron chi connectivity index (χ1n) is 7.55. The van der Waals surface area contributed by atoms with Crippen molar-refractivity contribution >= 4 is 15.9 Å². The molecule has 2 N–H and O–H groups in total. The van der Waals surface area contributed by atoms with Crippen molar-refractivity contribution < 1.29 is 13.2 Å². The molecular weight excluding hydrogens is 324 g/mol. The third-order valence-corrected chi connectivity index (χ3v) is 4.86. The van der Waals surface area contributed by atoms with Crippen molar-refractivity contribution in [2.24, 2.45) is 0 Å². The van der Waals surface area contributed by atoms with Gasteiger partial charge in [-0.1, -0.05) is 36.4 Å². The fraction of sp³-hybridized carbons (Fsp3) is 0.167. The second-order valence-corrected chi connectivity index (χ2v) is 6.92. The zero-order valence-corrected chi connectivity index (χ0v) is 14.1. The van der Waals surface area contributed by atoms with E-state index in [4.69, 9.17) is 0 Å². The van der Waals surface area contributed by atoms with Gasteiger partial charge in [-0.25, -0.2) is 13.1 Å². The number of rotatable bonds is 8. The van der Waals surface area contributed by atoms with Gasteiger partial charge in [0.1, 0.15) is 0 Å². The maximum atomic E-state index is 12.3. The average molecular weight is 344 g/mol. The number of benzene rings is 2. The molecule has 24 heavy (non-hydrogen) atoms. The molecule has 0 aliphatic carbocycles. The Morgan fingerprint density at radius 2 is 1.71 bits per heavy atom. The van der Waals surface area contributed by atoms with Gasteiger partial charge in [0.05, 0.1) is 4.90 Å². The van der Waals surface area contributed by atoms with E-state index >= 15 is 0 Å². The number of nitrogens with one attached hydrogen (secondary N) is 2. The van der Waals surface area contributed by atoms with Crippen LogP contribution in [0, 0.1) is 0 Å². The minimum Gasteiger partial charge on any atom is -0.349 e. The molecular formula is C18H20N2O3S. The van der Waals surface area contributed by atoms with E-state index in [0.29, 0.717) is 25.1 Å². The van der Waals surface area contributed by atoms with Crippen molar-refractivity contribution in [3.63, 3.8) is 0 Å². The van der Waals surface area contributed by atoms with Crippen LogP contribution in [0.1, 0.15) is 15.9 Å². The van der Waals surface area contributed by atoms with Crippen LogP contribution < -0.4 is 10.0 Å². The third-order valence-electron chi connectivity index (χ3n) is 3.38. The van der Waals surface area contributed by atoms with Crippen LogP contribution in [0.5, 0.6) is 0 Å². The van der Waals surface area contributed by atoms with Gasteiger partial charge in [-0.05, 0) is 36.2 Å². The molecule has 0 aromatic heterocycles. The van der Waals surface area contributed by atoms with Gasteiger partial charge in [-0.3, -0.25) is 4.79 Å². The maximum Gasteiger partial charge on any atom is 0.251 e. The Labute approximate surface area is 142 Å². The summed E-state index contributed by atoms with van der Waals surface area (Å²) in [7, 11) is -3.59. The largest absolute Gasteiger partial charge is 0.349 e. The molecule has 0 aliphatic heterocycles. The van der Waals surface area contributed by atoms with E-state index in [-0.39, 0.29) is 10.8 Å². The molecule has 0 fully saturated rings. The second-order valence-electron chi connectivity index (χ2n) is 5.16. The smallest absolute Gasteiger partial charge is 0.251 e. The molecule has 5 nitrogen and oxygen atoms in total. The van der Waals surface area contributed by atoms with Gasteiger partial charge in [0.15, 0.2) is 0 Å². The summed E-state index contributed by atoms with van der Waals surface area (Å²) in [6, 6.07) is 15.5. The van der Waals surface area contributed by atoms with Crippen LogP contribution in [0.2, 0.25) is 0 Å². The number of carbonyl (C=O) groups is 1. The number of sulfonamides is 1. The summed E-state index contributed by atoms with van der Waals surface area (Å²) in [5, 5.41) is 2.64. The molecule has 0 radical (unpaired) electrons. The number of amides is 1. The Balaban J connectivity index is 1.96. The molecule has 0 unspecified atom stereocenters. The first kappa shape index (κ1) is 17.9. The fourth-order valence-electron chi connectivity index (χ4n) is 2.11. The molecule has 2 rings (SSSR count). The molecule has 1 amide bonds. The van der Waals surface area contributed by atoms with Crippen LogP contribution in [-0.2, 0) is 16.4 Å². The van der Waals surface area contributed by atoms with Gasteiger partial charge in [0, 0.05) is 18.7 Å². The number of hydrogen-bond acceptors (Lipinski definition) is 3. The van der Waals surface area contributed by atoms with Crippen LogP contribution in [0.4, 0.5) is 0 Å². The second kappa shape index (κ2) is 8.42. The van der Waals surface area contributed by atoms with E-state index in [2.05, 4.69) is 16.6 Å². The standard InChI is InChI=1S/C18H20N2O3S/c1-2-13-19-18(21)16-8-10-17(11-9-16)24(22,23)20-14-12-15-6-4-3-5-7-15/h2-11,20H,1,12-14H2,(H,19,21). The summed E-state index contributed by atoms with van der Waals surface area (Å²) in [5.41, 5.74) is 1.47. The van der Waals surface area contributed by atoms with Crippen LogP contribution in [0.15, 0.2) is 72.1 Å². The lowest BCUT2D eigenvalue weighted by atomic mass is 10.2. The van der Waals surface area contributed by atoms with Gasteiger partial charge >= 0.3 is 0 Å². The monoisotopic (exact) mass is 344 g/mol. The summed E-state index contributed by atoms with van der Waals surface area (Å²) in [5.74, 6) is -0.268. The lowest BCUT2D eigenvalue weighted by molar-refractivity contribution is 0.0958.